The second-order valence-corrected chi connectivity index (χ2v) is 12.6. The molecule has 0 saturated carbocycles. The van der Waals surface area contributed by atoms with Crippen LogP contribution in [0.3, 0.4) is 0 Å². The quantitative estimate of drug-likeness (QED) is 0.208. The molecule has 0 aromatic heterocycles. The number of rotatable bonds is 4. The van der Waals surface area contributed by atoms with Crippen LogP contribution in [0.4, 0.5) is 22.7 Å². The molecule has 6 rings (SSSR count). The smallest absolute Gasteiger partial charge is 0.355 e. The molecule has 4 N–H and O–H groups in total. The van der Waals surface area contributed by atoms with Crippen molar-refractivity contribution in [2.45, 2.75) is 55.4 Å². The van der Waals surface area contributed by atoms with Crippen LogP contribution in [0.5, 0.6) is 0 Å². The normalized spacial score (nSPS) is 14.2. The van der Waals surface area contributed by atoms with Crippen molar-refractivity contribution in [2.24, 2.45) is 0 Å². The molecule has 4 aromatic rings. The van der Waals surface area contributed by atoms with Gasteiger partial charge in [-0.25, -0.2) is 9.48 Å². The molecule has 46 heavy (non-hydrogen) atoms. The Labute approximate surface area is 286 Å². The molecular formula is C38H48Cl2N6. The number of para-hydroxylation sites is 2. The van der Waals surface area contributed by atoms with E-state index in [0.29, 0.717) is 5.96 Å². The number of anilines is 3. The fourth-order valence-electron chi connectivity index (χ4n) is 6.89. The summed E-state index contributed by atoms with van der Waals surface area (Å²) in [7, 11) is 0. The summed E-state index contributed by atoms with van der Waals surface area (Å²) < 4.78 is 2.23. The third-order valence-corrected chi connectivity index (χ3v) is 9.08. The lowest BCUT2D eigenvalue weighted by molar-refractivity contribution is -0.427. The molecule has 1 fully saturated rings. The van der Waals surface area contributed by atoms with E-state index in [0.717, 1.165) is 37.2 Å². The van der Waals surface area contributed by atoms with Crippen LogP contribution < -0.4 is 33.3 Å². The lowest BCUT2D eigenvalue weighted by Crippen LogP contribution is -3.00. The van der Waals surface area contributed by atoms with Gasteiger partial charge in [-0.2, -0.15) is 0 Å². The van der Waals surface area contributed by atoms with Crippen molar-refractivity contribution >= 4 is 45.6 Å². The molecule has 0 atom stereocenters. The van der Waals surface area contributed by atoms with Gasteiger partial charge in [0.15, 0.2) is 0 Å². The first-order chi connectivity index (χ1) is 21.0. The molecule has 0 spiro atoms. The zero-order chi connectivity index (χ0) is 31.7. The molecule has 0 radical (unpaired) electrons. The first-order valence-corrected chi connectivity index (χ1v) is 15.8. The van der Waals surface area contributed by atoms with E-state index < -0.39 is 0 Å². The first kappa shape index (κ1) is 36.6. The second kappa shape index (κ2) is 15.2. The van der Waals surface area contributed by atoms with Crippen molar-refractivity contribution in [2.75, 3.05) is 40.9 Å². The molecule has 0 unspecified atom stereocenters. The highest BCUT2D eigenvalue weighted by atomic mass is 35.5. The van der Waals surface area contributed by atoms with Crippen LogP contribution in [-0.4, -0.2) is 42.0 Å². The fraction of sp³-hybridized carbons (Fsp3) is 0.316. The predicted molar refractivity (Wildman–Crippen MR) is 194 cm³/mol. The van der Waals surface area contributed by atoms with E-state index in [1.807, 2.05) is 12.1 Å². The Morgan fingerprint density at radius 2 is 1.02 bits per heavy atom. The number of aryl methyl sites for hydroxylation is 8. The Bertz CT molecular complexity index is 1720. The van der Waals surface area contributed by atoms with Crippen LogP contribution >= 0.6 is 11.6 Å². The van der Waals surface area contributed by atoms with Gasteiger partial charge in [-0.1, -0.05) is 71.8 Å². The summed E-state index contributed by atoms with van der Waals surface area (Å²) >= 11 is 6.74. The fourth-order valence-corrected chi connectivity index (χ4v) is 7.24. The largest absolute Gasteiger partial charge is 1.00 e. The van der Waals surface area contributed by atoms with Crippen LogP contribution in [0.2, 0.25) is 0 Å². The van der Waals surface area contributed by atoms with Crippen molar-refractivity contribution < 1.29 is 17.0 Å². The van der Waals surface area contributed by atoms with Gasteiger partial charge >= 0.3 is 5.29 Å². The summed E-state index contributed by atoms with van der Waals surface area (Å²) in [6.07, 6.45) is 0. The molecule has 244 valence electrons. The summed E-state index contributed by atoms with van der Waals surface area (Å²) in [4.78, 5) is 6.44. The Morgan fingerprint density at radius 3 is 1.52 bits per heavy atom. The van der Waals surface area contributed by atoms with Crippen molar-refractivity contribution in [1.82, 2.24) is 6.15 Å². The molecule has 2 aliphatic rings. The standard InChI is InChI=1S/C19H22ClN2.C19H23N3.ClH.H3N/c2*1-13-11-15(3)18(16(4)12-13)22-10-9-21(19(22)20)17-8-6-5-7-14(17)2;;/h5-8,11-12H,9-10H2,1-4H3;5-8,11-12,20H,9-10H2,1-4H3;1H;1H3/q+1;;;/p-1. The third kappa shape index (κ3) is 7.25. The van der Waals surface area contributed by atoms with Gasteiger partial charge in [-0.3, -0.25) is 5.41 Å². The highest BCUT2D eigenvalue weighted by molar-refractivity contribution is 6.66. The minimum Gasteiger partial charge on any atom is -1.00 e. The minimum absolute atomic E-state index is 0. The molecule has 4 aromatic carbocycles. The number of hydrogen-bond donors (Lipinski definition) is 2. The van der Waals surface area contributed by atoms with Gasteiger partial charge in [0.2, 0.25) is 5.96 Å². The van der Waals surface area contributed by atoms with Crippen LogP contribution in [0.15, 0.2) is 72.8 Å². The van der Waals surface area contributed by atoms with Gasteiger partial charge in [0.05, 0.1) is 0 Å². The molecule has 2 aliphatic heterocycles. The van der Waals surface area contributed by atoms with Crippen LogP contribution in [0.25, 0.3) is 0 Å². The van der Waals surface area contributed by atoms with E-state index in [4.69, 9.17) is 17.0 Å². The molecular weight excluding hydrogens is 611 g/mol. The van der Waals surface area contributed by atoms with E-state index in [1.165, 1.54) is 61.6 Å². The Hall–Kier alpha value is -3.84. The summed E-state index contributed by atoms with van der Waals surface area (Å²) in [5.41, 5.74) is 14.8. The molecule has 8 heteroatoms. The molecule has 0 bridgehead atoms. The highest BCUT2D eigenvalue weighted by Gasteiger charge is 2.34. The Morgan fingerprint density at radius 1 is 0.587 bits per heavy atom. The molecule has 0 amide bonds. The number of guanidine groups is 1. The topological polar surface area (TPSA) is 71.6 Å². The number of nitrogens with zero attached hydrogens (tertiary/aromatic N) is 4. The monoisotopic (exact) mass is 658 g/mol. The average molecular weight is 660 g/mol. The number of amidine groups is 1. The van der Waals surface area contributed by atoms with E-state index in [2.05, 4.69) is 135 Å². The minimum atomic E-state index is 0. The van der Waals surface area contributed by atoms with E-state index in [-0.39, 0.29) is 18.6 Å². The van der Waals surface area contributed by atoms with Crippen molar-refractivity contribution in [3.05, 3.63) is 117 Å². The number of hydrogen-bond acceptors (Lipinski definition) is 3. The van der Waals surface area contributed by atoms with Gasteiger partial charge in [0.25, 0.3) is 0 Å². The highest BCUT2D eigenvalue weighted by Crippen LogP contribution is 2.33. The average Bonchev–Trinajstić information content (AvgIpc) is 3.51. The molecule has 0 aliphatic carbocycles. The van der Waals surface area contributed by atoms with Crippen LogP contribution in [-0.2, 0) is 0 Å². The van der Waals surface area contributed by atoms with Gasteiger partial charge in [0.1, 0.15) is 24.5 Å². The van der Waals surface area contributed by atoms with Gasteiger partial charge in [0, 0.05) is 36.1 Å². The SMILES string of the molecule is Cc1cc(C)c(N2CCN(c3ccccc3C)C2=N)c(C)c1.Cc1cc(C)c([N+]2=C(Cl)N(c3ccccc3C)CC2)c(C)c1.N.[Cl-]. The summed E-state index contributed by atoms with van der Waals surface area (Å²) in [6, 6.07) is 25.5. The molecule has 2 heterocycles. The van der Waals surface area contributed by atoms with Crippen molar-refractivity contribution in [3.63, 3.8) is 0 Å². The maximum absolute atomic E-state index is 8.63. The second-order valence-electron chi connectivity index (χ2n) is 12.3. The van der Waals surface area contributed by atoms with E-state index >= 15 is 0 Å². The van der Waals surface area contributed by atoms with E-state index in [1.54, 1.807) is 0 Å². The van der Waals surface area contributed by atoms with Crippen LogP contribution in [0.1, 0.15) is 44.5 Å². The predicted octanol–water partition coefficient (Wildman–Crippen LogP) is 6.03. The summed E-state index contributed by atoms with van der Waals surface area (Å²) in [5, 5.41) is 9.43. The maximum atomic E-state index is 8.63. The molecule has 6 nitrogen and oxygen atoms in total. The lowest BCUT2D eigenvalue weighted by atomic mass is 10.0. The number of halogens is 2. The summed E-state index contributed by atoms with van der Waals surface area (Å²) in [5.74, 6) is 0.573. The first-order valence-electron chi connectivity index (χ1n) is 15.5. The Kier molecular flexibility index (Phi) is 12.1. The van der Waals surface area contributed by atoms with Crippen molar-refractivity contribution in [3.8, 4) is 0 Å². The van der Waals surface area contributed by atoms with Crippen LogP contribution in [0, 0.1) is 60.8 Å². The van der Waals surface area contributed by atoms with Gasteiger partial charge in [-0.15, -0.1) is 0 Å². The number of benzene rings is 4. The van der Waals surface area contributed by atoms with E-state index in [9.17, 15) is 0 Å². The zero-order valence-corrected chi connectivity index (χ0v) is 30.0. The van der Waals surface area contributed by atoms with Crippen molar-refractivity contribution in [1.29, 1.82) is 5.41 Å². The zero-order valence-electron chi connectivity index (χ0n) is 28.5. The van der Waals surface area contributed by atoms with Gasteiger partial charge in [-0.05, 0) is 101 Å². The maximum Gasteiger partial charge on any atom is 0.355 e. The Balaban J connectivity index is 0.000000240. The lowest BCUT2D eigenvalue weighted by Gasteiger charge is -2.25. The molecule has 1 saturated heterocycles. The van der Waals surface area contributed by atoms with Gasteiger partial charge < -0.3 is 28.4 Å². The summed E-state index contributed by atoms with van der Waals surface area (Å²) in [6.45, 7) is 20.6. The third-order valence-electron chi connectivity index (χ3n) is 8.67. The number of nitrogens with one attached hydrogen (secondary N) is 1.